The van der Waals surface area contributed by atoms with Gasteiger partial charge in [-0.1, -0.05) is 18.2 Å². The van der Waals surface area contributed by atoms with Gasteiger partial charge in [0.1, 0.15) is 18.2 Å². The average molecular weight is 257 g/mol. The highest BCUT2D eigenvalue weighted by atomic mass is 35.5. The number of rotatable bonds is 5. The molecule has 92 valence electrons. The van der Waals surface area contributed by atoms with Gasteiger partial charge in [0.25, 0.3) is 0 Å². The number of ether oxygens (including phenoxy) is 1. The van der Waals surface area contributed by atoms with Gasteiger partial charge in [0.15, 0.2) is 0 Å². The molecular formula is C11H13ClN2O3. The van der Waals surface area contributed by atoms with Crippen LogP contribution in [-0.4, -0.2) is 31.0 Å². The van der Waals surface area contributed by atoms with E-state index < -0.39 is 11.9 Å². The number of para-hydroxylation sites is 1. The number of urea groups is 1. The number of alkyl halides is 1. The summed E-state index contributed by atoms with van der Waals surface area (Å²) in [5.41, 5.74) is 0. The molecule has 1 aromatic carbocycles. The lowest BCUT2D eigenvalue weighted by Gasteiger charge is -2.07. The number of amides is 3. The summed E-state index contributed by atoms with van der Waals surface area (Å²) in [6, 6.07) is 8.65. The summed E-state index contributed by atoms with van der Waals surface area (Å²) in [6.07, 6.45) is 0. The Hall–Kier alpha value is -1.75. The molecule has 0 fully saturated rings. The van der Waals surface area contributed by atoms with Gasteiger partial charge >= 0.3 is 6.03 Å². The van der Waals surface area contributed by atoms with Crippen LogP contribution in [0.5, 0.6) is 5.75 Å². The van der Waals surface area contributed by atoms with Crippen LogP contribution < -0.4 is 15.4 Å². The zero-order valence-corrected chi connectivity index (χ0v) is 9.87. The van der Waals surface area contributed by atoms with Crippen LogP contribution >= 0.6 is 11.6 Å². The molecule has 6 heteroatoms. The molecule has 3 amide bonds. The number of benzene rings is 1. The lowest BCUT2D eigenvalue weighted by Crippen LogP contribution is -2.41. The van der Waals surface area contributed by atoms with E-state index in [-0.39, 0.29) is 5.88 Å². The van der Waals surface area contributed by atoms with Gasteiger partial charge in [0.2, 0.25) is 5.91 Å². The summed E-state index contributed by atoms with van der Waals surface area (Å²) in [7, 11) is 0. The topological polar surface area (TPSA) is 67.4 Å². The molecule has 0 bridgehead atoms. The van der Waals surface area contributed by atoms with Crippen LogP contribution in [-0.2, 0) is 4.79 Å². The standard InChI is InChI=1S/C11H13ClN2O3/c12-8-10(15)14-11(16)13-6-7-17-9-4-2-1-3-5-9/h1-5H,6-8H2,(H2,13,14,15,16). The van der Waals surface area contributed by atoms with Gasteiger partial charge in [0.05, 0.1) is 6.54 Å². The fraction of sp³-hybridized carbons (Fsp3) is 0.273. The molecule has 2 N–H and O–H groups in total. The molecular weight excluding hydrogens is 244 g/mol. The van der Waals surface area contributed by atoms with Crippen LogP contribution in [0.4, 0.5) is 4.79 Å². The quantitative estimate of drug-likeness (QED) is 0.613. The summed E-state index contributed by atoms with van der Waals surface area (Å²) < 4.78 is 5.33. The average Bonchev–Trinajstić information content (AvgIpc) is 2.36. The van der Waals surface area contributed by atoms with E-state index in [4.69, 9.17) is 16.3 Å². The van der Waals surface area contributed by atoms with Crippen LogP contribution in [0.25, 0.3) is 0 Å². The van der Waals surface area contributed by atoms with E-state index in [1.807, 2.05) is 30.3 Å². The second-order valence-corrected chi connectivity index (χ2v) is 3.37. The molecule has 0 aliphatic heterocycles. The maximum Gasteiger partial charge on any atom is 0.321 e. The van der Waals surface area contributed by atoms with Gasteiger partial charge in [-0.3, -0.25) is 10.1 Å². The third-order valence-electron chi connectivity index (χ3n) is 1.77. The highest BCUT2D eigenvalue weighted by Crippen LogP contribution is 2.07. The first-order valence-corrected chi connectivity index (χ1v) is 5.57. The molecule has 0 aromatic heterocycles. The summed E-state index contributed by atoms with van der Waals surface area (Å²) in [5, 5.41) is 4.52. The van der Waals surface area contributed by atoms with Gasteiger partial charge in [-0.25, -0.2) is 4.79 Å². The predicted octanol–water partition coefficient (Wildman–Crippen LogP) is 1.13. The molecule has 0 aliphatic carbocycles. The Morgan fingerprint density at radius 1 is 1.24 bits per heavy atom. The van der Waals surface area contributed by atoms with E-state index in [1.165, 1.54) is 0 Å². The van der Waals surface area contributed by atoms with Gasteiger partial charge in [0, 0.05) is 0 Å². The van der Waals surface area contributed by atoms with Crippen LogP contribution in [0.15, 0.2) is 30.3 Å². The zero-order chi connectivity index (χ0) is 12.5. The second-order valence-electron chi connectivity index (χ2n) is 3.10. The number of carbonyl (C=O) groups excluding carboxylic acids is 2. The number of nitrogens with one attached hydrogen (secondary N) is 2. The molecule has 5 nitrogen and oxygen atoms in total. The van der Waals surface area contributed by atoms with Crippen molar-refractivity contribution in [2.24, 2.45) is 0 Å². The Balaban J connectivity index is 2.12. The lowest BCUT2D eigenvalue weighted by molar-refractivity contribution is -0.117. The van der Waals surface area contributed by atoms with Crippen molar-refractivity contribution in [3.63, 3.8) is 0 Å². The molecule has 0 saturated carbocycles. The van der Waals surface area contributed by atoms with E-state index in [0.29, 0.717) is 13.2 Å². The van der Waals surface area contributed by atoms with Gasteiger partial charge in [-0.2, -0.15) is 0 Å². The van der Waals surface area contributed by atoms with E-state index in [0.717, 1.165) is 5.75 Å². The first-order chi connectivity index (χ1) is 8.22. The Bertz CT molecular complexity index is 370. The Labute approximate surface area is 104 Å². The molecule has 17 heavy (non-hydrogen) atoms. The number of hydrogen-bond donors (Lipinski definition) is 2. The third kappa shape index (κ3) is 5.77. The molecule has 0 unspecified atom stereocenters. The van der Waals surface area contributed by atoms with Crippen molar-refractivity contribution in [1.29, 1.82) is 0 Å². The van der Waals surface area contributed by atoms with E-state index in [9.17, 15) is 9.59 Å². The number of hydrogen-bond acceptors (Lipinski definition) is 3. The first-order valence-electron chi connectivity index (χ1n) is 5.04. The molecule has 1 rings (SSSR count). The number of carbonyl (C=O) groups is 2. The van der Waals surface area contributed by atoms with E-state index in [2.05, 4.69) is 10.6 Å². The highest BCUT2D eigenvalue weighted by molar-refractivity contribution is 6.28. The zero-order valence-electron chi connectivity index (χ0n) is 9.11. The normalized spacial score (nSPS) is 9.47. The minimum absolute atomic E-state index is 0.242. The molecule has 0 atom stereocenters. The molecule has 0 spiro atoms. The fourth-order valence-electron chi connectivity index (χ4n) is 1.05. The largest absolute Gasteiger partial charge is 0.492 e. The summed E-state index contributed by atoms with van der Waals surface area (Å²) >= 11 is 5.22. The summed E-state index contributed by atoms with van der Waals surface area (Å²) in [6.45, 7) is 0.628. The van der Waals surface area contributed by atoms with Crippen LogP contribution in [0.3, 0.4) is 0 Å². The summed E-state index contributed by atoms with van der Waals surface area (Å²) in [5.74, 6) is -0.0480. The van der Waals surface area contributed by atoms with Crippen molar-refractivity contribution in [1.82, 2.24) is 10.6 Å². The fourth-order valence-corrected chi connectivity index (χ4v) is 1.12. The number of halogens is 1. The van der Waals surface area contributed by atoms with Crippen molar-refractivity contribution >= 4 is 23.5 Å². The first kappa shape index (κ1) is 13.3. The predicted molar refractivity (Wildman–Crippen MR) is 64.2 cm³/mol. The third-order valence-corrected chi connectivity index (χ3v) is 2.02. The van der Waals surface area contributed by atoms with Crippen molar-refractivity contribution in [3.8, 4) is 5.75 Å². The van der Waals surface area contributed by atoms with Crippen molar-refractivity contribution in [2.45, 2.75) is 0 Å². The van der Waals surface area contributed by atoms with E-state index >= 15 is 0 Å². The Kier molecular flexibility index (Phi) is 5.88. The van der Waals surface area contributed by atoms with Crippen molar-refractivity contribution < 1.29 is 14.3 Å². The van der Waals surface area contributed by atoms with Gasteiger partial charge in [-0.05, 0) is 12.1 Å². The monoisotopic (exact) mass is 256 g/mol. The van der Waals surface area contributed by atoms with E-state index in [1.54, 1.807) is 0 Å². The maximum atomic E-state index is 11.1. The molecule has 0 aliphatic rings. The second kappa shape index (κ2) is 7.51. The lowest BCUT2D eigenvalue weighted by atomic mass is 10.3. The molecule has 0 heterocycles. The van der Waals surface area contributed by atoms with Crippen LogP contribution in [0, 0.1) is 0 Å². The Morgan fingerprint density at radius 2 is 1.94 bits per heavy atom. The Morgan fingerprint density at radius 3 is 2.59 bits per heavy atom. The summed E-state index contributed by atoms with van der Waals surface area (Å²) in [4.78, 5) is 21.8. The smallest absolute Gasteiger partial charge is 0.321 e. The van der Waals surface area contributed by atoms with Gasteiger partial charge < -0.3 is 10.1 Å². The van der Waals surface area contributed by atoms with Gasteiger partial charge in [-0.15, -0.1) is 11.6 Å². The SMILES string of the molecule is O=C(CCl)NC(=O)NCCOc1ccccc1. The molecule has 1 aromatic rings. The van der Waals surface area contributed by atoms with Crippen molar-refractivity contribution in [2.75, 3.05) is 19.0 Å². The highest BCUT2D eigenvalue weighted by Gasteiger charge is 2.04. The molecule has 0 saturated heterocycles. The van der Waals surface area contributed by atoms with Crippen molar-refractivity contribution in [3.05, 3.63) is 30.3 Å². The minimum atomic E-state index is -0.577. The number of imide groups is 1. The molecule has 0 radical (unpaired) electrons. The van der Waals surface area contributed by atoms with Crippen LogP contribution in [0.2, 0.25) is 0 Å². The van der Waals surface area contributed by atoms with Crippen LogP contribution in [0.1, 0.15) is 0 Å². The maximum absolute atomic E-state index is 11.1. The minimum Gasteiger partial charge on any atom is -0.492 e.